The molecule has 0 radical (unpaired) electrons. The van der Waals surface area contributed by atoms with Gasteiger partial charge in [0.05, 0.1) is 11.9 Å². The number of likely N-dealkylation sites (N-methyl/N-ethyl adjacent to an activating group) is 1. The minimum Gasteiger partial charge on any atom is -0.358 e. The molecule has 5 aromatic rings. The van der Waals surface area contributed by atoms with Gasteiger partial charge in [-0.25, -0.2) is 9.50 Å². The lowest BCUT2D eigenvalue weighted by molar-refractivity contribution is 0.812. The summed E-state index contributed by atoms with van der Waals surface area (Å²) in [5, 5.41) is 7.30. The van der Waals surface area contributed by atoms with Gasteiger partial charge in [-0.3, -0.25) is 4.98 Å². The van der Waals surface area contributed by atoms with Crippen LogP contribution in [0.3, 0.4) is 0 Å². The first-order valence-corrected chi connectivity index (χ1v) is 9.73. The zero-order valence-electron chi connectivity index (χ0n) is 16.2. The third kappa shape index (κ3) is 3.43. The fourth-order valence-electron chi connectivity index (χ4n) is 3.56. The number of aromatic nitrogens is 4. The third-order valence-corrected chi connectivity index (χ3v) is 5.21. The van der Waals surface area contributed by atoms with E-state index in [9.17, 15) is 0 Å². The number of anilines is 1. The summed E-state index contributed by atoms with van der Waals surface area (Å²) in [6.07, 6.45) is 4.60. The second-order valence-corrected chi connectivity index (χ2v) is 7.16. The van der Waals surface area contributed by atoms with E-state index in [0.717, 1.165) is 41.4 Å². The Morgan fingerprint density at radius 3 is 2.59 bits per heavy atom. The summed E-state index contributed by atoms with van der Waals surface area (Å²) in [5.74, 6) is 0.911. The van der Waals surface area contributed by atoms with Crippen molar-refractivity contribution in [2.75, 3.05) is 18.5 Å². The average Bonchev–Trinajstić information content (AvgIpc) is 3.21. The van der Waals surface area contributed by atoms with E-state index in [4.69, 9.17) is 5.10 Å². The lowest BCUT2D eigenvalue weighted by atomic mass is 10.1. The Labute approximate surface area is 169 Å². The summed E-state index contributed by atoms with van der Waals surface area (Å²) >= 11 is 0. The number of nitrogens with zero attached hydrogens (tertiary/aromatic N) is 5. The molecule has 0 saturated heterocycles. The molecule has 3 heterocycles. The topological polar surface area (TPSA) is 46.3 Å². The van der Waals surface area contributed by atoms with Gasteiger partial charge in [0.25, 0.3) is 0 Å². The van der Waals surface area contributed by atoms with Gasteiger partial charge in [0.1, 0.15) is 5.82 Å². The quantitative estimate of drug-likeness (QED) is 0.447. The van der Waals surface area contributed by atoms with Crippen molar-refractivity contribution in [2.45, 2.75) is 6.42 Å². The van der Waals surface area contributed by atoms with Crippen LogP contribution in [-0.2, 0) is 6.42 Å². The number of imidazole rings is 1. The molecule has 0 bridgehead atoms. The summed E-state index contributed by atoms with van der Waals surface area (Å²) in [4.78, 5) is 11.1. The van der Waals surface area contributed by atoms with Crippen LogP contribution in [0.2, 0.25) is 0 Å². The third-order valence-electron chi connectivity index (χ3n) is 5.21. The Morgan fingerprint density at radius 1 is 0.862 bits per heavy atom. The van der Waals surface area contributed by atoms with E-state index in [1.54, 1.807) is 0 Å². The molecule has 3 aromatic heterocycles. The van der Waals surface area contributed by atoms with E-state index in [1.165, 1.54) is 10.8 Å². The lowest BCUT2D eigenvalue weighted by Gasteiger charge is -2.18. The van der Waals surface area contributed by atoms with Crippen LogP contribution in [0.15, 0.2) is 85.2 Å². The standard InChI is InChI=1S/C24H21N5/c1-28(15-13-21-8-4-5-14-25-21)24-12-11-23-26-17-22(29(23)27-24)20-10-9-18-6-2-3-7-19(18)16-20/h2-12,14,16-17H,13,15H2,1H3. The molecule has 0 atom stereocenters. The van der Waals surface area contributed by atoms with Gasteiger partial charge in [0, 0.05) is 37.5 Å². The van der Waals surface area contributed by atoms with Crippen molar-refractivity contribution < 1.29 is 0 Å². The lowest BCUT2D eigenvalue weighted by Crippen LogP contribution is -2.22. The van der Waals surface area contributed by atoms with E-state index in [-0.39, 0.29) is 0 Å². The number of hydrogen-bond donors (Lipinski definition) is 0. The molecule has 0 unspecified atom stereocenters. The van der Waals surface area contributed by atoms with Gasteiger partial charge in [0.2, 0.25) is 0 Å². The largest absolute Gasteiger partial charge is 0.358 e. The van der Waals surface area contributed by atoms with E-state index >= 15 is 0 Å². The molecule has 0 aliphatic carbocycles. The highest BCUT2D eigenvalue weighted by Gasteiger charge is 2.11. The highest BCUT2D eigenvalue weighted by atomic mass is 15.3. The molecule has 0 aliphatic rings. The fourth-order valence-corrected chi connectivity index (χ4v) is 3.56. The zero-order chi connectivity index (χ0) is 19.6. The molecule has 142 valence electrons. The predicted octanol–water partition coefficient (Wildman–Crippen LogP) is 4.62. The number of benzene rings is 2. The van der Waals surface area contributed by atoms with Crippen LogP contribution in [0.4, 0.5) is 5.82 Å². The average molecular weight is 379 g/mol. The van der Waals surface area contributed by atoms with Gasteiger partial charge in [-0.2, -0.15) is 0 Å². The van der Waals surface area contributed by atoms with Crippen LogP contribution in [0.5, 0.6) is 0 Å². The van der Waals surface area contributed by atoms with Gasteiger partial charge in [0.15, 0.2) is 5.65 Å². The summed E-state index contributed by atoms with van der Waals surface area (Å²) in [6, 6.07) is 24.9. The van der Waals surface area contributed by atoms with E-state index < -0.39 is 0 Å². The predicted molar refractivity (Wildman–Crippen MR) is 117 cm³/mol. The van der Waals surface area contributed by atoms with Crippen LogP contribution in [0.25, 0.3) is 27.7 Å². The normalized spacial score (nSPS) is 11.2. The summed E-state index contributed by atoms with van der Waals surface area (Å²) in [7, 11) is 2.06. The second-order valence-electron chi connectivity index (χ2n) is 7.16. The first-order valence-electron chi connectivity index (χ1n) is 9.73. The van der Waals surface area contributed by atoms with Crippen LogP contribution in [-0.4, -0.2) is 33.2 Å². The molecule has 0 spiro atoms. The second kappa shape index (κ2) is 7.36. The van der Waals surface area contributed by atoms with Crippen LogP contribution in [0.1, 0.15) is 5.69 Å². The smallest absolute Gasteiger partial charge is 0.154 e. The highest BCUT2D eigenvalue weighted by Crippen LogP contribution is 2.25. The van der Waals surface area contributed by atoms with Gasteiger partial charge in [-0.1, -0.05) is 42.5 Å². The summed E-state index contributed by atoms with van der Waals surface area (Å²) in [5.41, 5.74) is 4.03. The first-order chi connectivity index (χ1) is 14.3. The Morgan fingerprint density at radius 2 is 1.72 bits per heavy atom. The number of rotatable bonds is 5. The molecule has 5 heteroatoms. The zero-order valence-corrected chi connectivity index (χ0v) is 16.2. The molecule has 0 aliphatic heterocycles. The SMILES string of the molecule is CN(CCc1ccccn1)c1ccc2ncc(-c3ccc4ccccc4c3)n2n1. The molecule has 0 amide bonds. The molecular formula is C24H21N5. The number of pyridine rings is 1. The van der Waals surface area contributed by atoms with Crippen molar-refractivity contribution in [1.29, 1.82) is 0 Å². The van der Waals surface area contributed by atoms with Crippen molar-refractivity contribution in [3.8, 4) is 11.3 Å². The highest BCUT2D eigenvalue weighted by molar-refractivity contribution is 5.87. The molecule has 0 N–H and O–H groups in total. The number of hydrogen-bond acceptors (Lipinski definition) is 4. The Hall–Kier alpha value is -3.73. The van der Waals surface area contributed by atoms with Crippen molar-refractivity contribution in [3.63, 3.8) is 0 Å². The Bertz CT molecular complexity index is 1280. The molecular weight excluding hydrogens is 358 g/mol. The van der Waals surface area contributed by atoms with Gasteiger partial charge in [-0.15, -0.1) is 5.10 Å². The maximum atomic E-state index is 4.86. The molecule has 0 fully saturated rings. The van der Waals surface area contributed by atoms with E-state index in [2.05, 4.69) is 70.4 Å². The van der Waals surface area contributed by atoms with Crippen LogP contribution >= 0.6 is 0 Å². The van der Waals surface area contributed by atoms with Crippen molar-refractivity contribution >= 4 is 22.2 Å². The Balaban J connectivity index is 1.46. The molecule has 29 heavy (non-hydrogen) atoms. The van der Waals surface area contributed by atoms with Crippen molar-refractivity contribution in [3.05, 3.63) is 90.9 Å². The van der Waals surface area contributed by atoms with Crippen LogP contribution < -0.4 is 4.90 Å². The van der Waals surface area contributed by atoms with E-state index in [1.807, 2.05) is 41.2 Å². The molecule has 5 nitrogen and oxygen atoms in total. The Kier molecular flexibility index (Phi) is 4.41. The first kappa shape index (κ1) is 17.4. The monoisotopic (exact) mass is 379 g/mol. The maximum Gasteiger partial charge on any atom is 0.154 e. The molecule has 0 saturated carbocycles. The number of fused-ring (bicyclic) bond motifs is 2. The van der Waals surface area contributed by atoms with Gasteiger partial charge < -0.3 is 4.90 Å². The van der Waals surface area contributed by atoms with Crippen molar-refractivity contribution in [1.82, 2.24) is 19.6 Å². The minimum atomic E-state index is 0.843. The van der Waals surface area contributed by atoms with Crippen molar-refractivity contribution in [2.24, 2.45) is 0 Å². The summed E-state index contributed by atoms with van der Waals surface area (Å²) < 4.78 is 1.93. The maximum absolute atomic E-state index is 4.86. The molecule has 2 aromatic carbocycles. The minimum absolute atomic E-state index is 0.843. The summed E-state index contributed by atoms with van der Waals surface area (Å²) in [6.45, 7) is 0.843. The fraction of sp³-hybridized carbons (Fsp3) is 0.125. The molecule has 5 rings (SSSR count). The van der Waals surface area contributed by atoms with E-state index in [0.29, 0.717) is 0 Å². The van der Waals surface area contributed by atoms with Crippen LogP contribution in [0, 0.1) is 0 Å². The van der Waals surface area contributed by atoms with Gasteiger partial charge in [-0.05, 0) is 41.1 Å². The van der Waals surface area contributed by atoms with Gasteiger partial charge >= 0.3 is 0 Å².